The molecule has 2 atom stereocenters. The molecule has 5 nitrogen and oxygen atoms in total. The Morgan fingerprint density at radius 3 is 2.31 bits per heavy atom. The van der Waals surface area contributed by atoms with Crippen LogP contribution in [0.1, 0.15) is 30.1 Å². The maximum absolute atomic E-state index is 12.5. The molecule has 0 saturated carbocycles. The van der Waals surface area contributed by atoms with Gasteiger partial charge < -0.3 is 9.64 Å². The molecule has 3 rings (SSSR count). The van der Waals surface area contributed by atoms with Gasteiger partial charge in [-0.15, -0.1) is 0 Å². The van der Waals surface area contributed by atoms with E-state index in [9.17, 15) is 14.4 Å². The van der Waals surface area contributed by atoms with E-state index in [4.69, 9.17) is 4.74 Å². The van der Waals surface area contributed by atoms with E-state index in [1.165, 1.54) is 0 Å². The lowest BCUT2D eigenvalue weighted by Gasteiger charge is -2.19. The largest absolute Gasteiger partial charge is 0.454 e. The number of ether oxygens (including phenoxy) is 1. The number of hydrogen-bond acceptors (Lipinski definition) is 4. The third-order valence-corrected chi connectivity index (χ3v) is 4.51. The van der Waals surface area contributed by atoms with Crippen molar-refractivity contribution in [2.24, 2.45) is 5.92 Å². The number of Topliss-reactive ketones (excluding diaryl/α,β-unsaturated/α-hetero) is 1. The van der Waals surface area contributed by atoms with Crippen LogP contribution in [0.2, 0.25) is 0 Å². The van der Waals surface area contributed by atoms with Gasteiger partial charge in [0, 0.05) is 24.2 Å². The second-order valence-electron chi connectivity index (χ2n) is 6.30. The molecule has 2 aromatic rings. The molecule has 0 spiro atoms. The maximum Gasteiger partial charge on any atom is 0.312 e. The fourth-order valence-corrected chi connectivity index (χ4v) is 3.07. The molecule has 1 amide bonds. The Bertz CT molecular complexity index is 788. The Kier molecular flexibility index (Phi) is 5.46. The first-order valence-electron chi connectivity index (χ1n) is 8.75. The van der Waals surface area contributed by atoms with Gasteiger partial charge in [0.25, 0.3) is 0 Å². The molecular formula is C21H21NO4. The number of carbonyl (C=O) groups excluding carboxylic acids is 3. The number of rotatable bonds is 6. The van der Waals surface area contributed by atoms with Gasteiger partial charge in [0.1, 0.15) is 0 Å². The molecule has 0 N–H and O–H groups in total. The minimum absolute atomic E-state index is 0.101. The standard InChI is InChI=1S/C21H21NO4/c1-2-18(20(24)15-9-5-3-6-10-15)26-21(25)16-13-19(23)22(14-16)17-11-7-4-8-12-17/h3-12,16,18H,2,13-14H2,1H3/t16-,18+/m1/s1. The summed E-state index contributed by atoms with van der Waals surface area (Å²) in [6.07, 6.45) is -0.336. The minimum atomic E-state index is -0.828. The number of nitrogens with zero attached hydrogens (tertiary/aromatic N) is 1. The van der Waals surface area contributed by atoms with E-state index < -0.39 is 18.0 Å². The van der Waals surface area contributed by atoms with Gasteiger partial charge in [-0.2, -0.15) is 0 Å². The molecule has 1 aliphatic heterocycles. The Hall–Kier alpha value is -2.95. The van der Waals surface area contributed by atoms with Gasteiger partial charge in [-0.3, -0.25) is 14.4 Å². The van der Waals surface area contributed by atoms with Gasteiger partial charge in [0.2, 0.25) is 11.7 Å². The highest BCUT2D eigenvalue weighted by Gasteiger charge is 2.37. The average molecular weight is 351 g/mol. The minimum Gasteiger partial charge on any atom is -0.454 e. The number of para-hydroxylation sites is 1. The van der Waals surface area contributed by atoms with E-state index in [-0.39, 0.29) is 24.7 Å². The van der Waals surface area contributed by atoms with Gasteiger partial charge in [-0.25, -0.2) is 0 Å². The molecule has 0 aromatic heterocycles. The second kappa shape index (κ2) is 7.95. The number of esters is 1. The summed E-state index contributed by atoms with van der Waals surface area (Å²) in [6.45, 7) is 2.08. The monoisotopic (exact) mass is 351 g/mol. The van der Waals surface area contributed by atoms with E-state index in [0.717, 1.165) is 5.69 Å². The van der Waals surface area contributed by atoms with Crippen LogP contribution in [-0.4, -0.2) is 30.3 Å². The summed E-state index contributed by atoms with van der Waals surface area (Å²) in [7, 11) is 0. The summed E-state index contributed by atoms with van der Waals surface area (Å²) in [6, 6.07) is 18.0. The number of hydrogen-bond donors (Lipinski definition) is 0. The van der Waals surface area contributed by atoms with Crippen molar-refractivity contribution in [1.29, 1.82) is 0 Å². The van der Waals surface area contributed by atoms with Crippen molar-refractivity contribution in [3.05, 3.63) is 66.2 Å². The number of benzene rings is 2. The van der Waals surface area contributed by atoms with Gasteiger partial charge in [-0.1, -0.05) is 55.5 Å². The van der Waals surface area contributed by atoms with Crippen molar-refractivity contribution >= 4 is 23.3 Å². The molecule has 0 aliphatic carbocycles. The Balaban J connectivity index is 1.66. The average Bonchev–Trinajstić information content (AvgIpc) is 3.08. The normalized spacial score (nSPS) is 17.8. The summed E-state index contributed by atoms with van der Waals surface area (Å²) in [5, 5.41) is 0. The topological polar surface area (TPSA) is 63.7 Å². The number of carbonyl (C=O) groups is 3. The van der Waals surface area contributed by atoms with Crippen LogP contribution >= 0.6 is 0 Å². The van der Waals surface area contributed by atoms with Gasteiger partial charge >= 0.3 is 5.97 Å². The maximum atomic E-state index is 12.5. The number of anilines is 1. The van der Waals surface area contributed by atoms with E-state index in [1.54, 1.807) is 36.1 Å². The second-order valence-corrected chi connectivity index (χ2v) is 6.30. The quantitative estimate of drug-likeness (QED) is 0.592. The van der Waals surface area contributed by atoms with Crippen molar-refractivity contribution in [1.82, 2.24) is 0 Å². The van der Waals surface area contributed by atoms with E-state index in [2.05, 4.69) is 0 Å². The summed E-state index contributed by atoms with van der Waals surface area (Å²) >= 11 is 0. The fourth-order valence-electron chi connectivity index (χ4n) is 3.07. The molecule has 0 bridgehead atoms. The van der Waals surface area contributed by atoms with Gasteiger partial charge in [0.15, 0.2) is 6.10 Å². The van der Waals surface area contributed by atoms with E-state index >= 15 is 0 Å². The zero-order valence-corrected chi connectivity index (χ0v) is 14.6. The Morgan fingerprint density at radius 2 is 1.69 bits per heavy atom. The van der Waals surface area contributed by atoms with Crippen LogP contribution < -0.4 is 4.90 Å². The van der Waals surface area contributed by atoms with Crippen LogP contribution in [0.5, 0.6) is 0 Å². The fraction of sp³-hybridized carbons (Fsp3) is 0.286. The van der Waals surface area contributed by atoms with Crippen molar-refractivity contribution in [2.45, 2.75) is 25.9 Å². The number of amides is 1. The van der Waals surface area contributed by atoms with Crippen LogP contribution in [0.3, 0.4) is 0 Å². The van der Waals surface area contributed by atoms with Crippen molar-refractivity contribution in [2.75, 3.05) is 11.4 Å². The SMILES string of the molecule is CC[C@H](OC(=O)[C@@H]1CC(=O)N(c2ccccc2)C1)C(=O)c1ccccc1. The van der Waals surface area contributed by atoms with Crippen LogP contribution in [0, 0.1) is 5.92 Å². The molecule has 1 saturated heterocycles. The molecule has 26 heavy (non-hydrogen) atoms. The molecule has 1 aliphatic rings. The Labute approximate surface area is 152 Å². The van der Waals surface area contributed by atoms with Crippen LogP contribution in [0.15, 0.2) is 60.7 Å². The van der Waals surface area contributed by atoms with Crippen LogP contribution in [0.25, 0.3) is 0 Å². The van der Waals surface area contributed by atoms with E-state index in [0.29, 0.717) is 12.0 Å². The Morgan fingerprint density at radius 1 is 1.08 bits per heavy atom. The lowest BCUT2D eigenvalue weighted by Crippen LogP contribution is -2.31. The van der Waals surface area contributed by atoms with Crippen LogP contribution in [0.4, 0.5) is 5.69 Å². The summed E-state index contributed by atoms with van der Waals surface area (Å²) in [4.78, 5) is 38.9. The zero-order valence-electron chi connectivity index (χ0n) is 14.6. The van der Waals surface area contributed by atoms with Crippen molar-refractivity contribution in [3.8, 4) is 0 Å². The molecular weight excluding hydrogens is 330 g/mol. The lowest BCUT2D eigenvalue weighted by atomic mass is 10.0. The molecule has 1 heterocycles. The first kappa shape index (κ1) is 17.9. The molecule has 5 heteroatoms. The van der Waals surface area contributed by atoms with E-state index in [1.807, 2.05) is 36.4 Å². The molecule has 0 radical (unpaired) electrons. The highest BCUT2D eigenvalue weighted by molar-refractivity contribution is 6.02. The highest BCUT2D eigenvalue weighted by atomic mass is 16.5. The lowest BCUT2D eigenvalue weighted by molar-refractivity contribution is -0.151. The molecule has 0 unspecified atom stereocenters. The van der Waals surface area contributed by atoms with Crippen molar-refractivity contribution < 1.29 is 19.1 Å². The summed E-state index contributed by atoms with van der Waals surface area (Å²) in [5.41, 5.74) is 1.28. The molecule has 134 valence electrons. The van der Waals surface area contributed by atoms with Crippen molar-refractivity contribution in [3.63, 3.8) is 0 Å². The first-order chi connectivity index (χ1) is 12.6. The molecule has 2 aromatic carbocycles. The summed E-state index contributed by atoms with van der Waals surface area (Å²) < 4.78 is 5.46. The smallest absolute Gasteiger partial charge is 0.312 e. The first-order valence-corrected chi connectivity index (χ1v) is 8.75. The third kappa shape index (κ3) is 3.82. The molecule has 1 fully saturated rings. The zero-order chi connectivity index (χ0) is 18.5. The highest BCUT2D eigenvalue weighted by Crippen LogP contribution is 2.26. The van der Waals surface area contributed by atoms with Crippen LogP contribution in [-0.2, 0) is 14.3 Å². The third-order valence-electron chi connectivity index (χ3n) is 4.51. The number of ketones is 1. The van der Waals surface area contributed by atoms with Gasteiger partial charge in [-0.05, 0) is 18.6 Å². The predicted octanol–water partition coefficient (Wildman–Crippen LogP) is 3.24. The summed E-state index contributed by atoms with van der Waals surface area (Å²) in [5.74, 6) is -1.38. The predicted molar refractivity (Wildman–Crippen MR) is 97.8 cm³/mol. The van der Waals surface area contributed by atoms with Gasteiger partial charge in [0.05, 0.1) is 5.92 Å².